The van der Waals surface area contributed by atoms with E-state index in [4.69, 9.17) is 4.74 Å². The van der Waals surface area contributed by atoms with E-state index >= 15 is 0 Å². The monoisotopic (exact) mass is 347 g/mol. The molecule has 2 fully saturated rings. The fraction of sp³-hybridized carbons (Fsp3) is 0.632. The number of nitrogens with zero attached hydrogens (tertiary/aromatic N) is 3. The van der Waals surface area contributed by atoms with Crippen LogP contribution < -0.4 is 0 Å². The molecule has 0 aliphatic carbocycles. The molecular weight excluding hydrogens is 318 g/mol. The molecule has 0 saturated carbocycles. The zero-order valence-electron chi connectivity index (χ0n) is 15.0. The van der Waals surface area contributed by atoms with Crippen LogP contribution in [0.15, 0.2) is 30.3 Å². The summed E-state index contributed by atoms with van der Waals surface area (Å²) in [4.78, 5) is 18.8. The van der Waals surface area contributed by atoms with Crippen molar-refractivity contribution in [2.75, 3.05) is 59.0 Å². The lowest BCUT2D eigenvalue weighted by atomic mass is 10.1. The normalized spacial score (nSPS) is 24.2. The second kappa shape index (κ2) is 8.76. The molecule has 0 radical (unpaired) electrons. The summed E-state index contributed by atoms with van der Waals surface area (Å²) >= 11 is 0. The van der Waals surface area contributed by atoms with E-state index in [1.54, 1.807) is 0 Å². The summed E-state index contributed by atoms with van der Waals surface area (Å²) in [6.07, 6.45) is -0.467. The van der Waals surface area contributed by atoms with Crippen LogP contribution in [0.25, 0.3) is 0 Å². The maximum absolute atomic E-state index is 12.4. The van der Waals surface area contributed by atoms with Crippen molar-refractivity contribution in [2.24, 2.45) is 0 Å². The van der Waals surface area contributed by atoms with E-state index in [-0.39, 0.29) is 5.91 Å². The first kappa shape index (κ1) is 18.3. The van der Waals surface area contributed by atoms with Crippen molar-refractivity contribution in [2.45, 2.75) is 19.1 Å². The molecule has 2 heterocycles. The molecule has 25 heavy (non-hydrogen) atoms. The fourth-order valence-corrected chi connectivity index (χ4v) is 3.59. The van der Waals surface area contributed by atoms with Crippen LogP contribution in [0.4, 0.5) is 0 Å². The molecule has 0 spiro atoms. The van der Waals surface area contributed by atoms with E-state index < -0.39 is 6.10 Å². The van der Waals surface area contributed by atoms with Crippen LogP contribution >= 0.6 is 0 Å². The van der Waals surface area contributed by atoms with Gasteiger partial charge in [0.15, 0.2) is 0 Å². The van der Waals surface area contributed by atoms with Crippen molar-refractivity contribution < 1.29 is 14.6 Å². The highest BCUT2D eigenvalue weighted by atomic mass is 16.5. The number of aliphatic hydroxyl groups excluding tert-OH is 1. The Bertz CT molecular complexity index is 548. The summed E-state index contributed by atoms with van der Waals surface area (Å²) in [6, 6.07) is 10.1. The topological polar surface area (TPSA) is 56.2 Å². The highest BCUT2D eigenvalue weighted by molar-refractivity contribution is 5.78. The number of carbonyl (C=O) groups is 1. The van der Waals surface area contributed by atoms with Gasteiger partial charge in [-0.25, -0.2) is 0 Å². The predicted octanol–water partition coefficient (Wildman–Crippen LogP) is 0.585. The van der Waals surface area contributed by atoms with Gasteiger partial charge in [-0.05, 0) is 12.5 Å². The number of morpholine rings is 1. The van der Waals surface area contributed by atoms with Crippen molar-refractivity contribution in [1.82, 2.24) is 14.7 Å². The van der Waals surface area contributed by atoms with Gasteiger partial charge in [0, 0.05) is 45.3 Å². The van der Waals surface area contributed by atoms with Gasteiger partial charge < -0.3 is 14.7 Å². The summed E-state index contributed by atoms with van der Waals surface area (Å²) in [5.74, 6) is 0.202. The number of piperazine rings is 1. The van der Waals surface area contributed by atoms with Crippen LogP contribution in [0.1, 0.15) is 18.6 Å². The standard InChI is InChI=1S/C19H29N3O3/c1-16-13-20(15-19(24)21-9-11-25-12-10-21)7-8-22(16)14-18(23)17-5-3-2-4-6-17/h2-6,16,18,23H,7-15H2,1H3/t16-,18-/m0/s1. The molecule has 1 aromatic rings. The molecule has 138 valence electrons. The lowest BCUT2D eigenvalue weighted by molar-refractivity contribution is -0.137. The van der Waals surface area contributed by atoms with Crippen molar-refractivity contribution in [3.63, 3.8) is 0 Å². The van der Waals surface area contributed by atoms with Crippen molar-refractivity contribution in [3.8, 4) is 0 Å². The predicted molar refractivity (Wildman–Crippen MR) is 96.3 cm³/mol. The average molecular weight is 347 g/mol. The maximum atomic E-state index is 12.4. The van der Waals surface area contributed by atoms with E-state index in [2.05, 4.69) is 16.7 Å². The second-order valence-corrected chi connectivity index (χ2v) is 7.00. The van der Waals surface area contributed by atoms with Gasteiger partial charge in [-0.2, -0.15) is 0 Å². The minimum absolute atomic E-state index is 0.202. The summed E-state index contributed by atoms with van der Waals surface area (Å²) in [5.41, 5.74) is 0.958. The van der Waals surface area contributed by atoms with Gasteiger partial charge in [0.2, 0.25) is 5.91 Å². The Morgan fingerprint density at radius 3 is 2.60 bits per heavy atom. The van der Waals surface area contributed by atoms with Gasteiger partial charge in [-0.3, -0.25) is 14.6 Å². The van der Waals surface area contributed by atoms with E-state index in [1.807, 2.05) is 35.2 Å². The quantitative estimate of drug-likeness (QED) is 0.845. The van der Waals surface area contributed by atoms with Crippen molar-refractivity contribution in [1.29, 1.82) is 0 Å². The number of ether oxygens (including phenoxy) is 1. The first-order valence-corrected chi connectivity index (χ1v) is 9.18. The van der Waals surface area contributed by atoms with Crippen molar-refractivity contribution in [3.05, 3.63) is 35.9 Å². The molecule has 6 nitrogen and oxygen atoms in total. The van der Waals surface area contributed by atoms with Crippen LogP contribution in [-0.4, -0.2) is 90.8 Å². The molecule has 1 amide bonds. The van der Waals surface area contributed by atoms with Gasteiger partial charge in [-0.15, -0.1) is 0 Å². The van der Waals surface area contributed by atoms with E-state index in [0.29, 0.717) is 45.4 Å². The fourth-order valence-electron chi connectivity index (χ4n) is 3.59. The van der Waals surface area contributed by atoms with Gasteiger partial charge in [0.25, 0.3) is 0 Å². The second-order valence-electron chi connectivity index (χ2n) is 7.00. The third kappa shape index (κ3) is 5.01. The Labute approximate surface area is 150 Å². The SMILES string of the molecule is C[C@H]1CN(CC(=O)N2CCOCC2)CCN1C[C@H](O)c1ccccc1. The number of hydrogen-bond acceptors (Lipinski definition) is 5. The molecule has 3 rings (SSSR count). The zero-order valence-corrected chi connectivity index (χ0v) is 15.0. The van der Waals surface area contributed by atoms with E-state index in [9.17, 15) is 9.90 Å². The van der Waals surface area contributed by atoms with E-state index in [1.165, 1.54) is 0 Å². The number of amides is 1. The third-order valence-corrected chi connectivity index (χ3v) is 5.16. The van der Waals surface area contributed by atoms with Crippen molar-refractivity contribution >= 4 is 5.91 Å². The number of hydrogen-bond donors (Lipinski definition) is 1. The smallest absolute Gasteiger partial charge is 0.236 e. The Balaban J connectivity index is 1.46. The summed E-state index contributed by atoms with van der Waals surface area (Å²) in [7, 11) is 0. The number of rotatable bonds is 5. The minimum atomic E-state index is -0.467. The molecule has 6 heteroatoms. The van der Waals surface area contributed by atoms with Crippen LogP contribution in [0, 0.1) is 0 Å². The highest BCUT2D eigenvalue weighted by Gasteiger charge is 2.28. The Kier molecular flexibility index (Phi) is 6.42. The first-order chi connectivity index (χ1) is 12.1. The zero-order chi connectivity index (χ0) is 17.6. The molecule has 1 aromatic carbocycles. The lowest BCUT2D eigenvalue weighted by Crippen LogP contribution is -2.55. The largest absolute Gasteiger partial charge is 0.387 e. The first-order valence-electron chi connectivity index (χ1n) is 9.18. The molecule has 0 aromatic heterocycles. The Morgan fingerprint density at radius 1 is 1.20 bits per heavy atom. The Hall–Kier alpha value is -1.47. The molecule has 0 unspecified atom stereocenters. The number of carbonyl (C=O) groups excluding carboxylic acids is 1. The van der Waals surface area contributed by atoms with Gasteiger partial charge in [0.05, 0.1) is 25.9 Å². The molecular formula is C19H29N3O3. The van der Waals surface area contributed by atoms with E-state index in [0.717, 1.165) is 25.2 Å². The molecule has 2 aliphatic heterocycles. The van der Waals surface area contributed by atoms with Gasteiger partial charge in [0.1, 0.15) is 0 Å². The lowest BCUT2D eigenvalue weighted by Gasteiger charge is -2.41. The molecule has 2 aliphatic rings. The molecule has 2 atom stereocenters. The third-order valence-electron chi connectivity index (χ3n) is 5.16. The van der Waals surface area contributed by atoms with Gasteiger partial charge in [-0.1, -0.05) is 30.3 Å². The number of β-amino-alcohol motifs (C(OH)–C–C–N with tert-alkyl or cyclic N) is 1. The molecule has 0 bridgehead atoms. The van der Waals surface area contributed by atoms with Crippen LogP contribution in [0.5, 0.6) is 0 Å². The van der Waals surface area contributed by atoms with Crippen LogP contribution in [0.3, 0.4) is 0 Å². The number of aliphatic hydroxyl groups is 1. The Morgan fingerprint density at radius 2 is 1.92 bits per heavy atom. The number of benzene rings is 1. The minimum Gasteiger partial charge on any atom is -0.387 e. The van der Waals surface area contributed by atoms with Crippen LogP contribution in [0.2, 0.25) is 0 Å². The van der Waals surface area contributed by atoms with Gasteiger partial charge >= 0.3 is 0 Å². The molecule has 1 N–H and O–H groups in total. The summed E-state index contributed by atoms with van der Waals surface area (Å²) in [6.45, 7) is 8.59. The summed E-state index contributed by atoms with van der Waals surface area (Å²) < 4.78 is 5.31. The summed E-state index contributed by atoms with van der Waals surface area (Å²) in [5, 5.41) is 10.4. The highest BCUT2D eigenvalue weighted by Crippen LogP contribution is 2.18. The molecule has 2 saturated heterocycles. The maximum Gasteiger partial charge on any atom is 0.236 e. The van der Waals surface area contributed by atoms with Crippen LogP contribution in [-0.2, 0) is 9.53 Å². The average Bonchev–Trinajstić information content (AvgIpc) is 2.65.